The fourth-order valence-electron chi connectivity index (χ4n) is 1.54. The first-order valence-electron chi connectivity index (χ1n) is 4.96. The van der Waals surface area contributed by atoms with Gasteiger partial charge in [0.15, 0.2) is 9.58 Å². The minimum Gasteiger partial charge on any atom is -0.418 e. The summed E-state index contributed by atoms with van der Waals surface area (Å²) >= 11 is 0. The Morgan fingerprint density at radius 1 is 1.00 bits per heavy atom. The van der Waals surface area contributed by atoms with E-state index in [2.05, 4.69) is 0 Å². The summed E-state index contributed by atoms with van der Waals surface area (Å²) in [4.78, 5) is 0.402. The third-order valence-corrected chi connectivity index (χ3v) is 4.09. The highest BCUT2D eigenvalue weighted by Crippen LogP contribution is 2.50. The van der Waals surface area contributed by atoms with Crippen molar-refractivity contribution in [2.24, 2.45) is 0 Å². The molecule has 19 heavy (non-hydrogen) atoms. The lowest BCUT2D eigenvalue weighted by Gasteiger charge is -1.96. The third kappa shape index (κ3) is 4.74. The van der Waals surface area contributed by atoms with Crippen molar-refractivity contribution < 1.29 is 30.4 Å². The van der Waals surface area contributed by atoms with Gasteiger partial charge in [-0.1, -0.05) is 12.1 Å². The van der Waals surface area contributed by atoms with Crippen LogP contribution in [0.5, 0.6) is 0 Å². The van der Waals surface area contributed by atoms with Crippen LogP contribution in [0.2, 0.25) is 0 Å². The van der Waals surface area contributed by atoms with Crippen LogP contribution in [0.4, 0.5) is 30.4 Å². The summed E-state index contributed by atoms with van der Waals surface area (Å²) in [5.41, 5.74) is -4.15. The lowest BCUT2D eigenvalue weighted by Crippen LogP contribution is -2.02. The number of aryl methyl sites for hydroxylation is 1. The van der Waals surface area contributed by atoms with Crippen molar-refractivity contribution in [3.05, 3.63) is 35.2 Å². The fourth-order valence-corrected chi connectivity index (χ4v) is 3.33. The molecule has 106 valence electrons. The van der Waals surface area contributed by atoms with Gasteiger partial charge in [-0.15, -0.1) is 13.2 Å². The Morgan fingerprint density at radius 3 is 1.95 bits per heavy atom. The Kier molecular flexibility index (Phi) is 4.49. The van der Waals surface area contributed by atoms with Crippen LogP contribution in [0, 0.1) is 6.92 Å². The maximum Gasteiger partial charge on any atom is 0.673 e. The molecule has 0 N–H and O–H groups in total. The van der Waals surface area contributed by atoms with E-state index in [4.69, 9.17) is 0 Å². The van der Waals surface area contributed by atoms with Gasteiger partial charge < -0.3 is 17.3 Å². The van der Waals surface area contributed by atoms with E-state index in [1.165, 1.54) is 6.92 Å². The highest BCUT2D eigenvalue weighted by atomic mass is 32.2. The molecular formula is C10H8BF7S. The van der Waals surface area contributed by atoms with Gasteiger partial charge in [0.1, 0.15) is 0 Å². The molecule has 0 saturated heterocycles. The second-order valence-electron chi connectivity index (χ2n) is 3.54. The number of hydrogen-bond acceptors (Lipinski definition) is 0. The van der Waals surface area contributed by atoms with Crippen molar-refractivity contribution in [2.75, 3.05) is 0 Å². The van der Waals surface area contributed by atoms with E-state index in [1.54, 1.807) is 30.3 Å². The molecule has 0 amide bonds. The first-order valence-corrected chi connectivity index (χ1v) is 6.18. The molecule has 0 nitrogen and oxygen atoms in total. The van der Waals surface area contributed by atoms with E-state index in [9.17, 15) is 30.4 Å². The smallest absolute Gasteiger partial charge is 0.418 e. The Hall–Kier alpha value is -1.25. The largest absolute Gasteiger partial charge is 0.673 e. The molecule has 1 atom stereocenters. The quantitative estimate of drug-likeness (QED) is 0.334. The molecule has 1 aromatic heterocycles. The van der Waals surface area contributed by atoms with Crippen LogP contribution >= 0.6 is 10.5 Å². The van der Waals surface area contributed by atoms with Crippen LogP contribution in [-0.2, 0) is 5.51 Å². The normalized spacial score (nSPS) is 13.2. The van der Waals surface area contributed by atoms with Crippen LogP contribution in [0.15, 0.2) is 30.3 Å². The number of thiophene rings is 1. The maximum absolute atomic E-state index is 12.7. The zero-order chi connectivity index (χ0) is 14.8. The van der Waals surface area contributed by atoms with Gasteiger partial charge in [0, 0.05) is 18.4 Å². The van der Waals surface area contributed by atoms with Crippen molar-refractivity contribution in [1.29, 1.82) is 0 Å². The monoisotopic (exact) mass is 304 g/mol. The maximum atomic E-state index is 12.7. The predicted octanol–water partition coefficient (Wildman–Crippen LogP) is 5.67. The molecule has 0 radical (unpaired) electrons. The standard InChI is InChI=1S/C10H8F3S.BF4/c1-7-6-8-4-2-3-5-9(8)14(7)10(11,12)13;2-1(3,4)5/h2-6H,1H3;/q+1;-1. The summed E-state index contributed by atoms with van der Waals surface area (Å²) in [6.45, 7) is 1.54. The molecule has 0 spiro atoms. The molecule has 0 bridgehead atoms. The van der Waals surface area contributed by atoms with Gasteiger partial charge in [0.2, 0.25) is 0 Å². The number of rotatable bonds is 0. The molecule has 1 unspecified atom stereocenters. The summed E-state index contributed by atoms with van der Waals surface area (Å²) in [7, 11) is -7.70. The number of halogens is 7. The Morgan fingerprint density at radius 2 is 1.47 bits per heavy atom. The summed E-state index contributed by atoms with van der Waals surface area (Å²) in [6.07, 6.45) is 0. The molecular weight excluding hydrogens is 296 g/mol. The first-order chi connectivity index (χ1) is 8.50. The lowest BCUT2D eigenvalue weighted by molar-refractivity contribution is -0.0867. The number of hydrogen-bond donors (Lipinski definition) is 0. The van der Waals surface area contributed by atoms with E-state index >= 15 is 0 Å². The summed E-state index contributed by atoms with van der Waals surface area (Å²) in [5, 5.41) is 0.700. The van der Waals surface area contributed by atoms with Gasteiger partial charge in [-0.2, -0.15) is 0 Å². The van der Waals surface area contributed by atoms with Gasteiger partial charge in [0.05, 0.1) is 10.5 Å². The molecule has 1 heterocycles. The zero-order valence-electron chi connectivity index (χ0n) is 9.52. The molecule has 0 aliphatic carbocycles. The third-order valence-electron chi connectivity index (χ3n) is 2.05. The van der Waals surface area contributed by atoms with Gasteiger partial charge in [0.25, 0.3) is 0 Å². The Labute approximate surface area is 106 Å². The number of fused-ring (bicyclic) bond motifs is 1. The average molecular weight is 304 g/mol. The average Bonchev–Trinajstić information content (AvgIpc) is 2.49. The van der Waals surface area contributed by atoms with Crippen LogP contribution in [-0.4, -0.2) is 7.25 Å². The van der Waals surface area contributed by atoms with Gasteiger partial charge in [-0.05, 0) is 12.1 Å². The molecule has 0 aliphatic rings. The summed E-state index contributed by atoms with van der Waals surface area (Å²) in [6, 6.07) is 8.30. The fraction of sp³-hybridized carbons (Fsp3) is 0.200. The van der Waals surface area contributed by atoms with E-state index < -0.39 is 23.2 Å². The predicted molar refractivity (Wildman–Crippen MR) is 62.6 cm³/mol. The topological polar surface area (TPSA) is 0 Å². The molecule has 0 saturated carbocycles. The number of benzene rings is 1. The van der Waals surface area contributed by atoms with Crippen molar-refractivity contribution in [3.8, 4) is 0 Å². The van der Waals surface area contributed by atoms with Crippen LogP contribution in [0.1, 0.15) is 4.88 Å². The Bertz CT molecular complexity index is 549. The van der Waals surface area contributed by atoms with Gasteiger partial charge >= 0.3 is 12.8 Å². The molecule has 0 aliphatic heterocycles. The van der Waals surface area contributed by atoms with E-state index in [0.717, 1.165) is 0 Å². The minimum absolute atomic E-state index is 0.400. The molecule has 9 heteroatoms. The van der Waals surface area contributed by atoms with Crippen molar-refractivity contribution in [3.63, 3.8) is 0 Å². The van der Waals surface area contributed by atoms with E-state index in [-0.39, 0.29) is 0 Å². The van der Waals surface area contributed by atoms with Crippen LogP contribution in [0.3, 0.4) is 0 Å². The van der Waals surface area contributed by atoms with E-state index in [1.807, 2.05) is 0 Å². The van der Waals surface area contributed by atoms with Crippen molar-refractivity contribution >= 4 is 27.8 Å². The first kappa shape index (κ1) is 15.8. The highest BCUT2D eigenvalue weighted by molar-refractivity contribution is 7.38. The second-order valence-corrected chi connectivity index (χ2v) is 5.70. The SMILES string of the molecule is Cc1cc2ccccc2[s+]1C(F)(F)F.F[B-](F)(F)F. The molecule has 0 fully saturated rings. The van der Waals surface area contributed by atoms with Gasteiger partial charge in [-0.25, -0.2) is 0 Å². The van der Waals surface area contributed by atoms with Crippen LogP contribution in [0.25, 0.3) is 10.1 Å². The highest BCUT2D eigenvalue weighted by Gasteiger charge is 2.46. The minimum atomic E-state index is -6.00. The zero-order valence-corrected chi connectivity index (χ0v) is 10.3. The molecule has 2 rings (SSSR count). The number of alkyl halides is 3. The van der Waals surface area contributed by atoms with Gasteiger partial charge in [-0.3, -0.25) is 0 Å². The van der Waals surface area contributed by atoms with Crippen LogP contribution < -0.4 is 0 Å². The molecule has 2 aromatic rings. The lowest BCUT2D eigenvalue weighted by atomic mass is 10.2. The van der Waals surface area contributed by atoms with E-state index in [0.29, 0.717) is 15.0 Å². The Balaban J connectivity index is 0.000000312. The molecule has 1 aromatic carbocycles. The van der Waals surface area contributed by atoms with Crippen molar-refractivity contribution in [1.82, 2.24) is 0 Å². The van der Waals surface area contributed by atoms with Crippen molar-refractivity contribution in [2.45, 2.75) is 12.4 Å². The second kappa shape index (κ2) is 5.40. The summed E-state index contributed by atoms with van der Waals surface area (Å²) < 4.78 is 77.4. The summed E-state index contributed by atoms with van der Waals surface area (Å²) in [5.74, 6) is 0.